The number of nitrogens with zero attached hydrogens (tertiary/aromatic N) is 3. The highest BCUT2D eigenvalue weighted by Crippen LogP contribution is 2.32. The van der Waals surface area contributed by atoms with E-state index < -0.39 is 5.97 Å². The van der Waals surface area contributed by atoms with Gasteiger partial charge in [0.05, 0.1) is 31.7 Å². The monoisotopic (exact) mass is 399 g/mol. The van der Waals surface area contributed by atoms with Gasteiger partial charge in [-0.25, -0.2) is 4.79 Å². The van der Waals surface area contributed by atoms with Gasteiger partial charge in [0.1, 0.15) is 5.75 Å². The SMILES string of the molecule is COC(=O)c1ccc(Nc2nncc(Nc3cc(C)c(Cl)cc3OC)n2)cc1. The van der Waals surface area contributed by atoms with Crippen LogP contribution in [0.5, 0.6) is 5.75 Å². The first-order valence-electron chi connectivity index (χ1n) is 8.26. The van der Waals surface area contributed by atoms with Gasteiger partial charge >= 0.3 is 5.97 Å². The topological polar surface area (TPSA) is 98.3 Å². The van der Waals surface area contributed by atoms with Crippen molar-refractivity contribution < 1.29 is 14.3 Å². The zero-order valence-electron chi connectivity index (χ0n) is 15.5. The lowest BCUT2D eigenvalue weighted by molar-refractivity contribution is 0.0601. The second kappa shape index (κ2) is 8.53. The Kier molecular flexibility index (Phi) is 5.90. The predicted molar refractivity (Wildman–Crippen MR) is 107 cm³/mol. The Balaban J connectivity index is 1.78. The van der Waals surface area contributed by atoms with E-state index in [0.29, 0.717) is 39.5 Å². The summed E-state index contributed by atoms with van der Waals surface area (Å²) in [4.78, 5) is 15.9. The number of nitrogens with one attached hydrogen (secondary N) is 2. The van der Waals surface area contributed by atoms with Crippen molar-refractivity contribution in [3.05, 3.63) is 58.7 Å². The van der Waals surface area contributed by atoms with Crippen molar-refractivity contribution in [3.8, 4) is 5.75 Å². The first-order valence-corrected chi connectivity index (χ1v) is 8.64. The number of benzene rings is 2. The summed E-state index contributed by atoms with van der Waals surface area (Å²) in [6.45, 7) is 1.90. The number of methoxy groups -OCH3 is 2. The lowest BCUT2D eigenvalue weighted by Gasteiger charge is -2.13. The Morgan fingerprint density at radius 3 is 2.54 bits per heavy atom. The third-order valence-corrected chi connectivity index (χ3v) is 4.27. The molecule has 1 heterocycles. The molecule has 0 fully saturated rings. The van der Waals surface area contributed by atoms with Crippen molar-refractivity contribution in [2.24, 2.45) is 0 Å². The minimum Gasteiger partial charge on any atom is -0.495 e. The standard InChI is InChI=1S/C19H18ClN5O3/c1-11-8-15(16(27-2)9-14(11)20)23-17-10-21-25-19(24-17)22-13-6-4-12(5-7-13)18(26)28-3/h4-10H,1-3H3,(H2,22,23,24,25). The zero-order valence-corrected chi connectivity index (χ0v) is 16.2. The summed E-state index contributed by atoms with van der Waals surface area (Å²) in [6.07, 6.45) is 1.49. The number of esters is 1. The van der Waals surface area contributed by atoms with Crippen molar-refractivity contribution in [1.82, 2.24) is 15.2 Å². The highest BCUT2D eigenvalue weighted by atomic mass is 35.5. The molecule has 0 amide bonds. The second-order valence-electron chi connectivity index (χ2n) is 5.79. The van der Waals surface area contributed by atoms with Crippen LogP contribution in [0.2, 0.25) is 5.02 Å². The van der Waals surface area contributed by atoms with Crippen molar-refractivity contribution in [3.63, 3.8) is 0 Å². The molecule has 144 valence electrons. The third kappa shape index (κ3) is 4.47. The highest BCUT2D eigenvalue weighted by Gasteiger charge is 2.10. The molecule has 0 saturated heterocycles. The molecule has 2 aromatic carbocycles. The highest BCUT2D eigenvalue weighted by molar-refractivity contribution is 6.31. The molecular weight excluding hydrogens is 382 g/mol. The van der Waals surface area contributed by atoms with Crippen molar-refractivity contribution in [2.45, 2.75) is 6.92 Å². The minimum atomic E-state index is -0.400. The molecule has 3 aromatic rings. The average Bonchev–Trinajstić information content (AvgIpc) is 2.71. The summed E-state index contributed by atoms with van der Waals surface area (Å²) in [5.74, 6) is 0.953. The Hall–Kier alpha value is -3.39. The van der Waals surface area contributed by atoms with Crippen LogP contribution in [0.25, 0.3) is 0 Å². The quantitative estimate of drug-likeness (QED) is 0.597. The van der Waals surface area contributed by atoms with Gasteiger partial charge in [0.25, 0.3) is 0 Å². The minimum absolute atomic E-state index is 0.292. The fourth-order valence-corrected chi connectivity index (χ4v) is 2.57. The van der Waals surface area contributed by atoms with E-state index >= 15 is 0 Å². The maximum Gasteiger partial charge on any atom is 0.337 e. The molecule has 0 aliphatic carbocycles. The smallest absolute Gasteiger partial charge is 0.337 e. The molecule has 0 aliphatic rings. The maximum absolute atomic E-state index is 11.5. The number of hydrogen-bond donors (Lipinski definition) is 2. The number of halogens is 1. The molecule has 0 saturated carbocycles. The van der Waals surface area contributed by atoms with E-state index in [9.17, 15) is 4.79 Å². The van der Waals surface area contributed by atoms with Gasteiger partial charge in [-0.05, 0) is 42.8 Å². The fraction of sp³-hybridized carbons (Fsp3) is 0.158. The van der Waals surface area contributed by atoms with Gasteiger partial charge in [0, 0.05) is 16.8 Å². The molecule has 0 bridgehead atoms. The number of rotatable bonds is 6. The van der Waals surface area contributed by atoms with E-state index in [2.05, 4.69) is 30.6 Å². The van der Waals surface area contributed by atoms with Crippen LogP contribution in [0.4, 0.5) is 23.1 Å². The molecule has 3 rings (SSSR count). The number of hydrogen-bond acceptors (Lipinski definition) is 8. The van der Waals surface area contributed by atoms with E-state index in [4.69, 9.17) is 16.3 Å². The molecular formula is C19H18ClN5O3. The van der Waals surface area contributed by atoms with Crippen LogP contribution < -0.4 is 15.4 Å². The van der Waals surface area contributed by atoms with E-state index in [-0.39, 0.29) is 0 Å². The number of aromatic nitrogens is 3. The van der Waals surface area contributed by atoms with E-state index in [1.807, 2.05) is 13.0 Å². The molecule has 0 radical (unpaired) electrons. The Morgan fingerprint density at radius 2 is 1.86 bits per heavy atom. The molecule has 2 N–H and O–H groups in total. The molecule has 9 heteroatoms. The molecule has 0 atom stereocenters. The second-order valence-corrected chi connectivity index (χ2v) is 6.19. The van der Waals surface area contributed by atoms with Crippen LogP contribution in [0, 0.1) is 6.92 Å². The maximum atomic E-state index is 11.5. The Labute approximate surface area is 166 Å². The zero-order chi connectivity index (χ0) is 20.1. The summed E-state index contributed by atoms with van der Waals surface area (Å²) in [7, 11) is 2.90. The van der Waals surface area contributed by atoms with Crippen LogP contribution in [0.15, 0.2) is 42.6 Å². The molecule has 0 spiro atoms. The predicted octanol–water partition coefficient (Wildman–Crippen LogP) is 4.12. The lowest BCUT2D eigenvalue weighted by atomic mass is 10.2. The third-order valence-electron chi connectivity index (χ3n) is 3.86. The Morgan fingerprint density at radius 1 is 1.11 bits per heavy atom. The number of carbonyl (C=O) groups is 1. The van der Waals surface area contributed by atoms with Crippen LogP contribution in [-0.4, -0.2) is 35.4 Å². The largest absolute Gasteiger partial charge is 0.495 e. The van der Waals surface area contributed by atoms with Gasteiger partial charge in [0.2, 0.25) is 5.95 Å². The van der Waals surface area contributed by atoms with Crippen molar-refractivity contribution >= 4 is 40.7 Å². The van der Waals surface area contributed by atoms with Crippen molar-refractivity contribution in [1.29, 1.82) is 0 Å². The summed E-state index contributed by atoms with van der Waals surface area (Å²) >= 11 is 6.14. The van der Waals surface area contributed by atoms with E-state index in [1.165, 1.54) is 13.3 Å². The first-order chi connectivity index (χ1) is 13.5. The van der Waals surface area contributed by atoms with Gasteiger partial charge in [-0.15, -0.1) is 5.10 Å². The normalized spacial score (nSPS) is 10.3. The van der Waals surface area contributed by atoms with Gasteiger partial charge in [0.15, 0.2) is 5.82 Å². The summed E-state index contributed by atoms with van der Waals surface area (Å²) < 4.78 is 10.0. The first kappa shape index (κ1) is 19.4. The van der Waals surface area contributed by atoms with E-state index in [0.717, 1.165) is 5.56 Å². The molecule has 0 unspecified atom stereocenters. The summed E-state index contributed by atoms with van der Waals surface area (Å²) in [5.41, 5.74) is 2.76. The van der Waals surface area contributed by atoms with Gasteiger partial charge in [-0.1, -0.05) is 11.6 Å². The molecule has 0 aliphatic heterocycles. The molecule has 8 nitrogen and oxygen atoms in total. The summed E-state index contributed by atoms with van der Waals surface area (Å²) in [5, 5.41) is 14.7. The van der Waals surface area contributed by atoms with Gasteiger partial charge < -0.3 is 20.1 Å². The number of aryl methyl sites for hydroxylation is 1. The van der Waals surface area contributed by atoms with Crippen LogP contribution in [0.1, 0.15) is 15.9 Å². The molecule has 1 aromatic heterocycles. The van der Waals surface area contributed by atoms with Crippen molar-refractivity contribution in [2.75, 3.05) is 24.9 Å². The number of ether oxygens (including phenoxy) is 2. The van der Waals surface area contributed by atoms with Gasteiger partial charge in [-0.3, -0.25) is 0 Å². The molecule has 28 heavy (non-hydrogen) atoms. The number of carbonyl (C=O) groups excluding carboxylic acids is 1. The average molecular weight is 400 g/mol. The fourth-order valence-electron chi connectivity index (χ4n) is 2.42. The Bertz CT molecular complexity index is 995. The van der Waals surface area contributed by atoms with Crippen LogP contribution in [-0.2, 0) is 4.74 Å². The van der Waals surface area contributed by atoms with Crippen LogP contribution in [0.3, 0.4) is 0 Å². The summed E-state index contributed by atoms with van der Waals surface area (Å²) in [6, 6.07) is 10.3. The van der Waals surface area contributed by atoms with E-state index in [1.54, 1.807) is 37.4 Å². The lowest BCUT2D eigenvalue weighted by Crippen LogP contribution is -2.04. The number of anilines is 4. The van der Waals surface area contributed by atoms with Gasteiger partial charge in [-0.2, -0.15) is 10.1 Å². The van der Waals surface area contributed by atoms with Crippen LogP contribution >= 0.6 is 11.6 Å².